The van der Waals surface area contributed by atoms with Gasteiger partial charge in [-0.05, 0) is 30.3 Å². The largest absolute Gasteiger partial charge is 0.497 e. The third-order valence-corrected chi connectivity index (χ3v) is 5.30. The van der Waals surface area contributed by atoms with Crippen molar-refractivity contribution in [3.8, 4) is 17.2 Å². The molecule has 0 spiro atoms. The molecular formula is C21H22O10. The van der Waals surface area contributed by atoms with Crippen molar-refractivity contribution in [3.63, 3.8) is 0 Å². The first kappa shape index (κ1) is 21.3. The van der Waals surface area contributed by atoms with Gasteiger partial charge in [0, 0.05) is 10.8 Å². The van der Waals surface area contributed by atoms with Crippen molar-refractivity contribution in [2.75, 3.05) is 20.8 Å². The number of aliphatic hydroxyl groups excluding tert-OH is 4. The van der Waals surface area contributed by atoms with E-state index in [9.17, 15) is 25.2 Å². The van der Waals surface area contributed by atoms with Gasteiger partial charge in [-0.3, -0.25) is 0 Å². The quantitative estimate of drug-likeness (QED) is 0.323. The Morgan fingerprint density at radius 2 is 1.68 bits per heavy atom. The van der Waals surface area contributed by atoms with Crippen molar-refractivity contribution in [2.45, 2.75) is 30.7 Å². The zero-order chi connectivity index (χ0) is 22.3. The van der Waals surface area contributed by atoms with E-state index in [0.29, 0.717) is 21.9 Å². The molecule has 10 nitrogen and oxygen atoms in total. The normalized spacial score (nSPS) is 26.2. The maximum atomic E-state index is 12.6. The fourth-order valence-electron chi connectivity index (χ4n) is 3.64. The first-order valence-corrected chi connectivity index (χ1v) is 9.48. The Balaban J connectivity index is 1.79. The molecule has 0 bridgehead atoms. The highest BCUT2D eigenvalue weighted by Gasteiger charge is 2.45. The highest BCUT2D eigenvalue weighted by Crippen LogP contribution is 2.39. The molecule has 2 aromatic carbocycles. The van der Waals surface area contributed by atoms with Crippen LogP contribution in [0.4, 0.5) is 0 Å². The third kappa shape index (κ3) is 3.58. The lowest BCUT2D eigenvalue weighted by atomic mass is 9.99. The lowest BCUT2D eigenvalue weighted by molar-refractivity contribution is -0.277. The summed E-state index contributed by atoms with van der Waals surface area (Å²) in [7, 11) is 2.85. The lowest BCUT2D eigenvalue weighted by Crippen LogP contribution is -2.60. The van der Waals surface area contributed by atoms with Crippen LogP contribution in [-0.2, 0) is 4.74 Å². The maximum Gasteiger partial charge on any atom is 0.344 e. The Morgan fingerprint density at radius 3 is 2.35 bits per heavy atom. The topological polar surface area (TPSA) is 148 Å². The monoisotopic (exact) mass is 434 g/mol. The van der Waals surface area contributed by atoms with Gasteiger partial charge in [-0.25, -0.2) is 4.79 Å². The Hall–Kier alpha value is -2.89. The summed E-state index contributed by atoms with van der Waals surface area (Å²) in [5.74, 6) is 0.647. The standard InChI is InChI=1S/C21H22O10/c1-27-9-3-4-10-11-5-6-13(19(28-2)18(11)31-20(26)12(10)7-9)29-21-17(25)16(24)15(23)14(8-22)30-21/h3-7,14-17,21-25H,8H2,1-2H3/t14-,15-,16+,17-,21-/m1/s1. The third-order valence-electron chi connectivity index (χ3n) is 5.30. The van der Waals surface area contributed by atoms with E-state index in [0.717, 1.165) is 0 Å². The van der Waals surface area contributed by atoms with Crippen LogP contribution < -0.4 is 19.8 Å². The van der Waals surface area contributed by atoms with Crippen molar-refractivity contribution in [2.24, 2.45) is 0 Å². The zero-order valence-electron chi connectivity index (χ0n) is 16.7. The molecule has 0 amide bonds. The fraction of sp³-hybridized carbons (Fsp3) is 0.381. The van der Waals surface area contributed by atoms with E-state index in [4.69, 9.17) is 23.4 Å². The first-order valence-electron chi connectivity index (χ1n) is 9.48. The molecule has 1 saturated heterocycles. The van der Waals surface area contributed by atoms with Gasteiger partial charge in [0.15, 0.2) is 11.3 Å². The second kappa shape index (κ2) is 8.33. The van der Waals surface area contributed by atoms with Crippen molar-refractivity contribution in [1.29, 1.82) is 0 Å². The molecule has 0 radical (unpaired) electrons. The Kier molecular flexibility index (Phi) is 5.73. The fourth-order valence-corrected chi connectivity index (χ4v) is 3.64. The number of aliphatic hydroxyl groups is 4. The molecule has 1 fully saturated rings. The minimum Gasteiger partial charge on any atom is -0.497 e. The number of hydrogen-bond acceptors (Lipinski definition) is 10. The summed E-state index contributed by atoms with van der Waals surface area (Å²) in [4.78, 5) is 12.6. The first-order chi connectivity index (χ1) is 14.9. The molecule has 5 atom stereocenters. The van der Waals surface area contributed by atoms with Crippen LogP contribution in [0.15, 0.2) is 39.5 Å². The van der Waals surface area contributed by atoms with E-state index in [2.05, 4.69) is 0 Å². The predicted octanol–water partition coefficient (Wildman–Crippen LogP) is 0.142. The molecule has 31 heavy (non-hydrogen) atoms. The molecular weight excluding hydrogens is 412 g/mol. The average Bonchev–Trinajstić information content (AvgIpc) is 2.79. The highest BCUT2D eigenvalue weighted by molar-refractivity contribution is 6.07. The van der Waals surface area contributed by atoms with Gasteiger partial charge >= 0.3 is 5.63 Å². The summed E-state index contributed by atoms with van der Waals surface area (Å²) in [5, 5.41) is 41.0. The van der Waals surface area contributed by atoms with E-state index in [1.807, 2.05) is 0 Å². The van der Waals surface area contributed by atoms with Crippen LogP contribution in [-0.4, -0.2) is 72.0 Å². The molecule has 0 aliphatic carbocycles. The highest BCUT2D eigenvalue weighted by atomic mass is 16.7. The molecule has 1 aliphatic rings. The summed E-state index contributed by atoms with van der Waals surface area (Å²) in [5.41, 5.74) is -0.489. The summed E-state index contributed by atoms with van der Waals surface area (Å²) < 4.78 is 27.1. The van der Waals surface area contributed by atoms with Crippen LogP contribution in [0.3, 0.4) is 0 Å². The van der Waals surface area contributed by atoms with Crippen molar-refractivity contribution < 1.29 is 43.8 Å². The Labute approximate surface area is 175 Å². The molecule has 4 rings (SSSR count). The van der Waals surface area contributed by atoms with E-state index < -0.39 is 42.9 Å². The number of benzene rings is 2. The van der Waals surface area contributed by atoms with E-state index >= 15 is 0 Å². The smallest absolute Gasteiger partial charge is 0.344 e. The van der Waals surface area contributed by atoms with Crippen LogP contribution in [0, 0.1) is 0 Å². The number of ether oxygens (including phenoxy) is 4. The van der Waals surface area contributed by atoms with Crippen LogP contribution in [0.5, 0.6) is 17.2 Å². The average molecular weight is 434 g/mol. The molecule has 166 valence electrons. The molecule has 10 heteroatoms. The summed E-state index contributed by atoms with van der Waals surface area (Å²) in [6.07, 6.45) is -7.27. The van der Waals surface area contributed by atoms with Gasteiger partial charge in [0.2, 0.25) is 12.0 Å². The van der Waals surface area contributed by atoms with Gasteiger partial charge in [0.05, 0.1) is 26.2 Å². The zero-order valence-corrected chi connectivity index (χ0v) is 16.7. The maximum absolute atomic E-state index is 12.6. The SMILES string of the molecule is COc1ccc2c(c1)c(=O)oc1c(OC)c(O[C@@H]3O[C@H](CO)[C@@H](O)[C@H](O)[C@H]3O)ccc12. The number of fused-ring (bicyclic) bond motifs is 3. The minimum absolute atomic E-state index is 0.0651. The Morgan fingerprint density at radius 1 is 0.935 bits per heavy atom. The second-order valence-electron chi connectivity index (χ2n) is 7.09. The van der Waals surface area contributed by atoms with Crippen molar-refractivity contribution in [1.82, 2.24) is 0 Å². The molecule has 1 aliphatic heterocycles. The van der Waals surface area contributed by atoms with Gasteiger partial charge in [-0.1, -0.05) is 0 Å². The van der Waals surface area contributed by atoms with Crippen LogP contribution in [0.1, 0.15) is 0 Å². The van der Waals surface area contributed by atoms with Crippen LogP contribution >= 0.6 is 0 Å². The summed E-state index contributed by atoms with van der Waals surface area (Å²) >= 11 is 0. The van der Waals surface area contributed by atoms with E-state index in [1.54, 1.807) is 24.3 Å². The molecule has 2 heterocycles. The molecule has 3 aromatic rings. The molecule has 4 N–H and O–H groups in total. The molecule has 0 unspecified atom stereocenters. The van der Waals surface area contributed by atoms with Crippen molar-refractivity contribution in [3.05, 3.63) is 40.8 Å². The molecule has 1 aromatic heterocycles. The van der Waals surface area contributed by atoms with E-state index in [-0.39, 0.29) is 17.1 Å². The van der Waals surface area contributed by atoms with Gasteiger partial charge in [0.25, 0.3) is 0 Å². The van der Waals surface area contributed by atoms with Gasteiger partial charge in [0.1, 0.15) is 30.2 Å². The minimum atomic E-state index is -1.60. The van der Waals surface area contributed by atoms with Gasteiger partial charge in [-0.15, -0.1) is 0 Å². The number of hydrogen-bond donors (Lipinski definition) is 4. The van der Waals surface area contributed by atoms with E-state index in [1.165, 1.54) is 20.3 Å². The second-order valence-corrected chi connectivity index (χ2v) is 7.09. The summed E-state index contributed by atoms with van der Waals surface area (Å²) in [6.45, 7) is -0.593. The predicted molar refractivity (Wildman–Crippen MR) is 107 cm³/mol. The molecule has 0 saturated carbocycles. The number of methoxy groups -OCH3 is 2. The number of rotatable bonds is 5. The lowest BCUT2D eigenvalue weighted by Gasteiger charge is -2.39. The van der Waals surface area contributed by atoms with Gasteiger partial charge < -0.3 is 43.8 Å². The summed E-state index contributed by atoms with van der Waals surface area (Å²) in [6, 6.07) is 8.20. The van der Waals surface area contributed by atoms with Crippen LogP contribution in [0.25, 0.3) is 21.7 Å². The Bertz CT molecular complexity index is 1150. The van der Waals surface area contributed by atoms with Gasteiger partial charge in [-0.2, -0.15) is 0 Å². The van der Waals surface area contributed by atoms with Crippen LogP contribution in [0.2, 0.25) is 0 Å². The van der Waals surface area contributed by atoms with Crippen molar-refractivity contribution >= 4 is 21.7 Å².